The van der Waals surface area contributed by atoms with Crippen LogP contribution in [0.1, 0.15) is 39.7 Å². The van der Waals surface area contributed by atoms with Gasteiger partial charge in [-0.3, -0.25) is 9.52 Å². The van der Waals surface area contributed by atoms with Crippen LogP contribution in [0.4, 0.5) is 10.7 Å². The summed E-state index contributed by atoms with van der Waals surface area (Å²) in [4.78, 5) is 14.0. The van der Waals surface area contributed by atoms with Gasteiger partial charge in [0.25, 0.3) is 15.9 Å². The lowest BCUT2D eigenvalue weighted by atomic mass is 9.88. The van der Waals surface area contributed by atoms with E-state index in [4.69, 9.17) is 4.74 Å². The van der Waals surface area contributed by atoms with Crippen molar-refractivity contribution in [3.8, 4) is 11.8 Å². The van der Waals surface area contributed by atoms with Crippen molar-refractivity contribution < 1.29 is 17.9 Å². The number of thiophene rings is 1. The number of ether oxygens (including phenoxy) is 1. The van der Waals surface area contributed by atoms with Crippen LogP contribution in [0.25, 0.3) is 0 Å². The largest absolute Gasteiger partial charge is 0.497 e. The number of nitriles is 1. The minimum Gasteiger partial charge on any atom is -0.497 e. The second-order valence-corrected chi connectivity index (χ2v) is 10.8. The minimum atomic E-state index is -3.78. The molecule has 1 unspecified atom stereocenters. The first-order valence-corrected chi connectivity index (χ1v) is 12.7. The maximum absolute atomic E-state index is 12.8. The fourth-order valence-electron chi connectivity index (χ4n) is 3.79. The number of benzene rings is 2. The van der Waals surface area contributed by atoms with Gasteiger partial charge in [0, 0.05) is 16.1 Å². The van der Waals surface area contributed by atoms with Crippen LogP contribution in [0.15, 0.2) is 53.4 Å². The maximum atomic E-state index is 12.8. The Morgan fingerprint density at radius 2 is 1.85 bits per heavy atom. The van der Waals surface area contributed by atoms with Gasteiger partial charge in [0.15, 0.2) is 0 Å². The predicted molar refractivity (Wildman–Crippen MR) is 128 cm³/mol. The Morgan fingerprint density at radius 3 is 2.48 bits per heavy atom. The molecule has 1 aliphatic rings. The van der Waals surface area contributed by atoms with Gasteiger partial charge < -0.3 is 10.1 Å². The Morgan fingerprint density at radius 1 is 1.15 bits per heavy atom. The molecule has 3 aromatic rings. The predicted octanol–water partition coefficient (Wildman–Crippen LogP) is 4.81. The van der Waals surface area contributed by atoms with Crippen molar-refractivity contribution >= 4 is 38.0 Å². The van der Waals surface area contributed by atoms with Gasteiger partial charge in [-0.1, -0.05) is 6.92 Å². The molecule has 0 fully saturated rings. The molecule has 0 saturated carbocycles. The molecule has 7 nitrogen and oxygen atoms in total. The van der Waals surface area contributed by atoms with Crippen LogP contribution in [0.2, 0.25) is 0 Å². The van der Waals surface area contributed by atoms with Crippen LogP contribution in [-0.4, -0.2) is 21.4 Å². The molecule has 33 heavy (non-hydrogen) atoms. The van der Waals surface area contributed by atoms with E-state index in [1.165, 1.54) is 47.6 Å². The number of hydrogen-bond acceptors (Lipinski definition) is 6. The van der Waals surface area contributed by atoms with E-state index in [-0.39, 0.29) is 10.8 Å². The summed E-state index contributed by atoms with van der Waals surface area (Å²) < 4.78 is 32.7. The molecule has 1 atom stereocenters. The molecule has 2 aromatic carbocycles. The molecular formula is C24H23N3O4S2. The molecule has 4 rings (SSSR count). The Labute approximate surface area is 197 Å². The number of sulfonamides is 1. The van der Waals surface area contributed by atoms with Crippen LogP contribution in [0, 0.1) is 17.2 Å². The first kappa shape index (κ1) is 22.8. The fraction of sp³-hybridized carbons (Fsp3) is 0.250. The van der Waals surface area contributed by atoms with Gasteiger partial charge in [0.05, 0.1) is 17.6 Å². The van der Waals surface area contributed by atoms with Gasteiger partial charge in [0.1, 0.15) is 16.8 Å². The lowest BCUT2D eigenvalue weighted by molar-refractivity contribution is 0.102. The smallest absolute Gasteiger partial charge is 0.261 e. The number of carbonyl (C=O) groups is 1. The molecular weight excluding hydrogens is 458 g/mol. The number of amides is 1. The van der Waals surface area contributed by atoms with Crippen molar-refractivity contribution in [2.24, 2.45) is 5.92 Å². The number of hydrogen-bond donors (Lipinski definition) is 2. The highest BCUT2D eigenvalue weighted by atomic mass is 32.2. The molecule has 0 bridgehead atoms. The Bertz CT molecular complexity index is 1320. The topological polar surface area (TPSA) is 108 Å². The van der Waals surface area contributed by atoms with Crippen LogP contribution in [-0.2, 0) is 22.9 Å². The van der Waals surface area contributed by atoms with Crippen molar-refractivity contribution in [3.05, 3.63) is 70.1 Å². The monoisotopic (exact) mass is 481 g/mol. The van der Waals surface area contributed by atoms with Gasteiger partial charge in [0.2, 0.25) is 0 Å². The van der Waals surface area contributed by atoms with E-state index in [2.05, 4.69) is 23.0 Å². The molecule has 1 aliphatic carbocycles. The maximum Gasteiger partial charge on any atom is 0.261 e. The van der Waals surface area contributed by atoms with Gasteiger partial charge in [-0.2, -0.15) is 5.26 Å². The van der Waals surface area contributed by atoms with Gasteiger partial charge >= 0.3 is 0 Å². The summed E-state index contributed by atoms with van der Waals surface area (Å²) in [7, 11) is -2.27. The number of methoxy groups -OCH3 is 1. The van der Waals surface area contributed by atoms with Crippen molar-refractivity contribution in [1.82, 2.24) is 0 Å². The second-order valence-electron chi connectivity index (χ2n) is 7.98. The van der Waals surface area contributed by atoms with Crippen molar-refractivity contribution in [1.29, 1.82) is 5.26 Å². The average molecular weight is 482 g/mol. The van der Waals surface area contributed by atoms with Gasteiger partial charge in [-0.25, -0.2) is 8.42 Å². The van der Waals surface area contributed by atoms with E-state index >= 15 is 0 Å². The first-order chi connectivity index (χ1) is 15.8. The quantitative estimate of drug-likeness (QED) is 0.525. The Hall–Kier alpha value is -3.35. The van der Waals surface area contributed by atoms with E-state index in [0.717, 1.165) is 24.8 Å². The third-order valence-corrected chi connectivity index (χ3v) is 8.19. The van der Waals surface area contributed by atoms with Crippen molar-refractivity contribution in [3.63, 3.8) is 0 Å². The van der Waals surface area contributed by atoms with Crippen LogP contribution < -0.4 is 14.8 Å². The molecule has 1 aromatic heterocycles. The molecule has 1 heterocycles. The standard InChI is InChI=1S/C24H23N3O4S2/c1-15-3-12-20-21(14-25)24(32-22(20)13-15)26-23(28)16-4-6-17(7-5-16)27-33(29,30)19-10-8-18(31-2)9-11-19/h4-11,15,27H,3,12-13H2,1-2H3,(H,26,28). The number of rotatable bonds is 6. The molecule has 1 amide bonds. The molecule has 0 saturated heterocycles. The lowest BCUT2D eigenvalue weighted by Crippen LogP contribution is -2.14. The zero-order valence-corrected chi connectivity index (χ0v) is 19.8. The van der Waals surface area contributed by atoms with E-state index < -0.39 is 10.0 Å². The van der Waals surface area contributed by atoms with Crippen molar-refractivity contribution in [2.75, 3.05) is 17.1 Å². The van der Waals surface area contributed by atoms with Gasteiger partial charge in [-0.05, 0) is 79.3 Å². The number of carbonyl (C=O) groups excluding carboxylic acids is 1. The lowest BCUT2D eigenvalue weighted by Gasteiger charge is -2.17. The SMILES string of the molecule is COc1ccc(S(=O)(=O)Nc2ccc(C(=O)Nc3sc4c(c3C#N)CCC(C)C4)cc2)cc1. The molecule has 0 spiro atoms. The second kappa shape index (κ2) is 9.25. The molecule has 0 aliphatic heterocycles. The van der Waals surface area contributed by atoms with E-state index in [0.29, 0.717) is 33.5 Å². The zero-order valence-electron chi connectivity index (χ0n) is 18.2. The summed E-state index contributed by atoms with van der Waals surface area (Å²) in [6.07, 6.45) is 2.82. The number of nitrogens with one attached hydrogen (secondary N) is 2. The average Bonchev–Trinajstić information content (AvgIpc) is 3.15. The summed E-state index contributed by atoms with van der Waals surface area (Å²) in [5, 5.41) is 13.0. The van der Waals surface area contributed by atoms with Crippen molar-refractivity contribution in [2.45, 2.75) is 31.1 Å². The zero-order chi connectivity index (χ0) is 23.6. The van der Waals surface area contributed by atoms with Crippen LogP contribution in [0.3, 0.4) is 0 Å². The normalized spacial score (nSPS) is 15.2. The first-order valence-electron chi connectivity index (χ1n) is 10.4. The Balaban J connectivity index is 1.47. The summed E-state index contributed by atoms with van der Waals surface area (Å²) in [5.74, 6) is 0.785. The number of anilines is 2. The van der Waals surface area contributed by atoms with E-state index in [9.17, 15) is 18.5 Å². The summed E-state index contributed by atoms with van der Waals surface area (Å²) in [6.45, 7) is 2.19. The minimum absolute atomic E-state index is 0.102. The molecule has 0 radical (unpaired) electrons. The summed E-state index contributed by atoms with van der Waals surface area (Å²) in [6, 6.07) is 14.4. The Kier molecular flexibility index (Phi) is 6.40. The van der Waals surface area contributed by atoms with Gasteiger partial charge in [-0.15, -0.1) is 11.3 Å². The summed E-state index contributed by atoms with van der Waals surface area (Å²) >= 11 is 1.47. The fourth-order valence-corrected chi connectivity index (χ4v) is 6.21. The third kappa shape index (κ3) is 4.87. The highest BCUT2D eigenvalue weighted by molar-refractivity contribution is 7.92. The van der Waals surface area contributed by atoms with E-state index in [1.54, 1.807) is 24.3 Å². The summed E-state index contributed by atoms with van der Waals surface area (Å²) in [5.41, 5.74) is 2.31. The third-order valence-electron chi connectivity index (χ3n) is 5.62. The number of fused-ring (bicyclic) bond motifs is 1. The molecule has 170 valence electrons. The molecule has 9 heteroatoms. The highest BCUT2D eigenvalue weighted by Crippen LogP contribution is 2.39. The highest BCUT2D eigenvalue weighted by Gasteiger charge is 2.25. The van der Waals surface area contributed by atoms with Crippen LogP contribution in [0.5, 0.6) is 5.75 Å². The molecule has 2 N–H and O–H groups in total. The van der Waals surface area contributed by atoms with Crippen LogP contribution >= 0.6 is 11.3 Å². The van der Waals surface area contributed by atoms with E-state index in [1.807, 2.05) is 0 Å². The number of nitrogens with zero attached hydrogens (tertiary/aromatic N) is 1.